The van der Waals surface area contributed by atoms with Gasteiger partial charge in [0.25, 0.3) is 0 Å². The van der Waals surface area contributed by atoms with Gasteiger partial charge in [-0.05, 0) is 37.5 Å². The summed E-state index contributed by atoms with van der Waals surface area (Å²) in [6.07, 6.45) is 2.83. The first kappa shape index (κ1) is 13.5. The lowest BCUT2D eigenvalue weighted by Crippen LogP contribution is -2.42. The first-order valence-electron chi connectivity index (χ1n) is 6.12. The van der Waals surface area contributed by atoms with E-state index >= 15 is 0 Å². The van der Waals surface area contributed by atoms with E-state index in [0.717, 1.165) is 30.3 Å². The quantitative estimate of drug-likeness (QED) is 0.899. The topological polar surface area (TPSA) is 41.1 Å². The van der Waals surface area contributed by atoms with Crippen molar-refractivity contribution in [3.8, 4) is 0 Å². The Morgan fingerprint density at radius 2 is 2.28 bits per heavy atom. The summed E-state index contributed by atoms with van der Waals surface area (Å²) in [5.74, 6) is -0.234. The summed E-state index contributed by atoms with van der Waals surface area (Å²) in [5.41, 5.74) is 0.571. The Bertz CT molecular complexity index is 439. The number of rotatable bonds is 3. The Kier molecular flexibility index (Phi) is 4.72. The van der Waals surface area contributed by atoms with Gasteiger partial charge in [0.15, 0.2) is 0 Å². The van der Waals surface area contributed by atoms with Crippen molar-refractivity contribution in [3.63, 3.8) is 0 Å². The van der Waals surface area contributed by atoms with Crippen LogP contribution in [0.1, 0.15) is 24.8 Å². The molecule has 0 aliphatic carbocycles. The number of carbonyl (C=O) groups is 1. The van der Waals surface area contributed by atoms with Gasteiger partial charge in [0.1, 0.15) is 5.82 Å². The summed E-state index contributed by atoms with van der Waals surface area (Å²) in [5, 5.41) is 5.98. The zero-order valence-corrected chi connectivity index (χ0v) is 11.6. The molecule has 1 atom stereocenters. The van der Waals surface area contributed by atoms with Crippen LogP contribution in [0.25, 0.3) is 0 Å². The van der Waals surface area contributed by atoms with Gasteiger partial charge in [0, 0.05) is 23.1 Å². The molecule has 1 heterocycles. The minimum atomic E-state index is -0.250. The molecule has 18 heavy (non-hydrogen) atoms. The summed E-state index contributed by atoms with van der Waals surface area (Å²) in [4.78, 5) is 11.7. The van der Waals surface area contributed by atoms with E-state index in [2.05, 4.69) is 26.6 Å². The van der Waals surface area contributed by atoms with Gasteiger partial charge in [-0.1, -0.05) is 15.9 Å². The molecule has 2 N–H and O–H groups in total. The number of carbonyl (C=O) groups excluding carboxylic acids is 1. The highest BCUT2D eigenvalue weighted by Crippen LogP contribution is 2.16. The van der Waals surface area contributed by atoms with Gasteiger partial charge < -0.3 is 10.6 Å². The highest BCUT2D eigenvalue weighted by Gasteiger charge is 2.20. The average molecular weight is 315 g/mol. The Labute approximate surface area is 114 Å². The van der Waals surface area contributed by atoms with E-state index in [1.54, 1.807) is 12.1 Å². The fourth-order valence-electron chi connectivity index (χ4n) is 2.05. The Hall–Kier alpha value is -0.940. The van der Waals surface area contributed by atoms with E-state index in [9.17, 15) is 9.18 Å². The largest absolute Gasteiger partial charge is 0.355 e. The minimum Gasteiger partial charge on any atom is -0.355 e. The fraction of sp³-hybridized carbons (Fsp3) is 0.462. The van der Waals surface area contributed by atoms with Crippen molar-refractivity contribution in [2.45, 2.75) is 31.8 Å². The fourth-order valence-corrected chi connectivity index (χ4v) is 2.45. The van der Waals surface area contributed by atoms with E-state index in [4.69, 9.17) is 0 Å². The van der Waals surface area contributed by atoms with E-state index in [1.165, 1.54) is 6.07 Å². The highest BCUT2D eigenvalue weighted by atomic mass is 79.9. The maximum absolute atomic E-state index is 13.5. The van der Waals surface area contributed by atoms with Crippen molar-refractivity contribution in [1.29, 1.82) is 0 Å². The number of hydrogen-bond acceptors (Lipinski definition) is 2. The molecule has 1 aliphatic heterocycles. The second kappa shape index (κ2) is 6.29. The summed E-state index contributed by atoms with van der Waals surface area (Å²) in [7, 11) is 0. The van der Waals surface area contributed by atoms with Crippen molar-refractivity contribution in [2.24, 2.45) is 0 Å². The number of hydrogen-bond donors (Lipinski definition) is 2. The minimum absolute atomic E-state index is 0.0166. The molecule has 0 aromatic heterocycles. The molecular weight excluding hydrogens is 299 g/mol. The van der Waals surface area contributed by atoms with Crippen LogP contribution in [0.5, 0.6) is 0 Å². The standard InChI is InChI=1S/C13H16BrFN2O/c14-10-4-5-11(15)9(7-10)8-17-12-3-1-2-6-16-13(12)18/h4-5,7,12,17H,1-3,6,8H2,(H,16,18). The van der Waals surface area contributed by atoms with Gasteiger partial charge in [-0.25, -0.2) is 4.39 Å². The van der Waals surface area contributed by atoms with Crippen molar-refractivity contribution >= 4 is 21.8 Å². The van der Waals surface area contributed by atoms with E-state index in [0.29, 0.717) is 12.1 Å². The Balaban J connectivity index is 1.97. The lowest BCUT2D eigenvalue weighted by Gasteiger charge is -2.15. The molecule has 0 radical (unpaired) electrons. The summed E-state index contributed by atoms with van der Waals surface area (Å²) in [6.45, 7) is 1.10. The van der Waals surface area contributed by atoms with Gasteiger partial charge in [0.05, 0.1) is 6.04 Å². The van der Waals surface area contributed by atoms with Crippen LogP contribution in [0.2, 0.25) is 0 Å². The molecule has 3 nitrogen and oxygen atoms in total. The SMILES string of the molecule is O=C1NCCCCC1NCc1cc(Br)ccc1F. The van der Waals surface area contributed by atoms with Gasteiger partial charge >= 0.3 is 0 Å². The maximum atomic E-state index is 13.5. The van der Waals surface area contributed by atoms with Crippen LogP contribution in [0.3, 0.4) is 0 Å². The van der Waals surface area contributed by atoms with Crippen LogP contribution in [-0.2, 0) is 11.3 Å². The molecule has 5 heteroatoms. The second-order valence-corrected chi connectivity index (χ2v) is 5.37. The zero-order valence-electron chi connectivity index (χ0n) is 10.0. The van der Waals surface area contributed by atoms with Crippen LogP contribution in [0, 0.1) is 5.82 Å². The predicted octanol–water partition coefficient (Wildman–Crippen LogP) is 2.35. The van der Waals surface area contributed by atoms with Gasteiger partial charge in [-0.15, -0.1) is 0 Å². The molecule has 1 aliphatic rings. The van der Waals surface area contributed by atoms with Crippen molar-refractivity contribution in [1.82, 2.24) is 10.6 Å². The lowest BCUT2D eigenvalue weighted by molar-refractivity contribution is -0.122. The Morgan fingerprint density at radius 1 is 1.44 bits per heavy atom. The van der Waals surface area contributed by atoms with Crippen LogP contribution < -0.4 is 10.6 Å². The third-order valence-corrected chi connectivity index (χ3v) is 3.58. The molecule has 0 saturated carbocycles. The predicted molar refractivity (Wildman–Crippen MR) is 71.6 cm³/mol. The second-order valence-electron chi connectivity index (χ2n) is 4.46. The van der Waals surface area contributed by atoms with Gasteiger partial charge in [-0.2, -0.15) is 0 Å². The molecule has 1 saturated heterocycles. The number of nitrogens with one attached hydrogen (secondary N) is 2. The summed E-state index contributed by atoms with van der Waals surface area (Å²) in [6, 6.07) is 4.61. The first-order chi connectivity index (χ1) is 8.66. The molecular formula is C13H16BrFN2O. The molecule has 2 rings (SSSR count). The molecule has 98 valence electrons. The maximum Gasteiger partial charge on any atom is 0.237 e. The number of amides is 1. The molecule has 0 bridgehead atoms. The molecule has 1 aromatic rings. The van der Waals surface area contributed by atoms with Crippen LogP contribution in [0.15, 0.2) is 22.7 Å². The van der Waals surface area contributed by atoms with E-state index in [1.807, 2.05) is 0 Å². The monoisotopic (exact) mass is 314 g/mol. The third kappa shape index (κ3) is 3.53. The molecule has 0 spiro atoms. The van der Waals surface area contributed by atoms with Gasteiger partial charge in [-0.3, -0.25) is 4.79 Å². The van der Waals surface area contributed by atoms with E-state index in [-0.39, 0.29) is 17.8 Å². The molecule has 1 unspecified atom stereocenters. The number of halogens is 2. The third-order valence-electron chi connectivity index (χ3n) is 3.08. The van der Waals surface area contributed by atoms with E-state index < -0.39 is 0 Å². The number of benzene rings is 1. The first-order valence-corrected chi connectivity index (χ1v) is 6.91. The smallest absolute Gasteiger partial charge is 0.237 e. The van der Waals surface area contributed by atoms with Crippen LogP contribution in [-0.4, -0.2) is 18.5 Å². The average Bonchev–Trinajstić information content (AvgIpc) is 2.55. The normalized spacial score (nSPS) is 20.3. The van der Waals surface area contributed by atoms with Crippen molar-refractivity contribution in [2.75, 3.05) is 6.54 Å². The van der Waals surface area contributed by atoms with Gasteiger partial charge in [0.2, 0.25) is 5.91 Å². The molecule has 1 aromatic carbocycles. The summed E-state index contributed by atoms with van der Waals surface area (Å²) < 4.78 is 14.4. The van der Waals surface area contributed by atoms with Crippen LogP contribution >= 0.6 is 15.9 Å². The lowest BCUT2D eigenvalue weighted by atomic mass is 10.1. The summed E-state index contributed by atoms with van der Waals surface area (Å²) >= 11 is 3.31. The van der Waals surface area contributed by atoms with Crippen LogP contribution in [0.4, 0.5) is 4.39 Å². The highest BCUT2D eigenvalue weighted by molar-refractivity contribution is 9.10. The molecule has 1 amide bonds. The molecule has 1 fully saturated rings. The Morgan fingerprint density at radius 3 is 3.11 bits per heavy atom. The zero-order chi connectivity index (χ0) is 13.0. The van der Waals surface area contributed by atoms with Crippen molar-refractivity contribution < 1.29 is 9.18 Å². The van der Waals surface area contributed by atoms with Crippen molar-refractivity contribution in [3.05, 3.63) is 34.1 Å².